The zero-order chi connectivity index (χ0) is 14.8. The highest BCUT2D eigenvalue weighted by Crippen LogP contribution is 2.43. The molecular weight excluding hydrogens is 268 g/mol. The third kappa shape index (κ3) is 3.24. The quantitative estimate of drug-likeness (QED) is 0.751. The summed E-state index contributed by atoms with van der Waals surface area (Å²) in [5, 5.41) is 0. The minimum Gasteiger partial charge on any atom is -0.469 e. The zero-order valence-corrected chi connectivity index (χ0v) is 12.9. The molecular formula is C17H26O4. The molecule has 1 saturated heterocycles. The average Bonchev–Trinajstić information content (AvgIpc) is 2.51. The molecule has 2 aliphatic carbocycles. The first-order chi connectivity index (χ1) is 10.2. The topological polar surface area (TPSA) is 52.6 Å². The third-order valence-electron chi connectivity index (χ3n) is 5.97. The Morgan fingerprint density at radius 2 is 1.43 bits per heavy atom. The van der Waals surface area contributed by atoms with Gasteiger partial charge in [-0.1, -0.05) is 0 Å². The number of hydrogen-bond acceptors (Lipinski definition) is 4. The fraction of sp³-hybridized carbons (Fsp3) is 0.882. The van der Waals surface area contributed by atoms with Crippen LogP contribution in [0, 0.1) is 23.7 Å². The van der Waals surface area contributed by atoms with Gasteiger partial charge in [0.2, 0.25) is 0 Å². The van der Waals surface area contributed by atoms with Crippen LogP contribution in [0.15, 0.2) is 0 Å². The van der Waals surface area contributed by atoms with Crippen molar-refractivity contribution in [3.8, 4) is 0 Å². The van der Waals surface area contributed by atoms with Crippen LogP contribution in [-0.2, 0) is 19.1 Å². The van der Waals surface area contributed by atoms with E-state index >= 15 is 0 Å². The molecule has 1 atom stereocenters. The van der Waals surface area contributed by atoms with Crippen molar-refractivity contribution in [2.75, 3.05) is 7.11 Å². The number of rotatable bonds is 3. The maximum absolute atomic E-state index is 11.6. The van der Waals surface area contributed by atoms with Crippen LogP contribution < -0.4 is 0 Å². The highest BCUT2D eigenvalue weighted by molar-refractivity contribution is 5.75. The number of esters is 2. The van der Waals surface area contributed by atoms with Gasteiger partial charge in [-0.15, -0.1) is 0 Å². The van der Waals surface area contributed by atoms with Crippen LogP contribution in [-0.4, -0.2) is 25.2 Å². The van der Waals surface area contributed by atoms with E-state index in [0.29, 0.717) is 12.3 Å². The van der Waals surface area contributed by atoms with Crippen molar-refractivity contribution >= 4 is 11.9 Å². The van der Waals surface area contributed by atoms with Crippen molar-refractivity contribution in [1.82, 2.24) is 0 Å². The van der Waals surface area contributed by atoms with Crippen LogP contribution in [0.25, 0.3) is 0 Å². The largest absolute Gasteiger partial charge is 0.469 e. The van der Waals surface area contributed by atoms with E-state index < -0.39 is 0 Å². The lowest BCUT2D eigenvalue weighted by atomic mass is 9.68. The summed E-state index contributed by atoms with van der Waals surface area (Å²) in [6.45, 7) is 0. The number of carbonyl (C=O) groups is 2. The van der Waals surface area contributed by atoms with E-state index in [9.17, 15) is 9.59 Å². The summed E-state index contributed by atoms with van der Waals surface area (Å²) in [7, 11) is 1.49. The second-order valence-electron chi connectivity index (χ2n) is 7.04. The standard InChI is InChI=1S/C17H26O4/c1-20-17(19)14-8-4-12(5-9-14)11-2-6-13(7-3-11)15-10-16(18)21-15/h11-15H,2-10H2,1H3. The molecule has 1 aliphatic heterocycles. The highest BCUT2D eigenvalue weighted by atomic mass is 16.6. The van der Waals surface area contributed by atoms with Crippen LogP contribution in [0.2, 0.25) is 0 Å². The number of methoxy groups -OCH3 is 1. The van der Waals surface area contributed by atoms with Crippen LogP contribution >= 0.6 is 0 Å². The third-order valence-corrected chi connectivity index (χ3v) is 5.97. The van der Waals surface area contributed by atoms with Crippen LogP contribution in [0.3, 0.4) is 0 Å². The normalized spacial score (nSPS) is 40.0. The van der Waals surface area contributed by atoms with E-state index in [1.807, 2.05) is 0 Å². The Morgan fingerprint density at radius 3 is 1.90 bits per heavy atom. The molecule has 2 saturated carbocycles. The van der Waals surface area contributed by atoms with Gasteiger partial charge in [0.15, 0.2) is 0 Å². The molecule has 0 bridgehead atoms. The Hall–Kier alpha value is -1.06. The lowest BCUT2D eigenvalue weighted by Crippen LogP contribution is -2.41. The summed E-state index contributed by atoms with van der Waals surface area (Å²) in [5.74, 6) is 2.29. The zero-order valence-electron chi connectivity index (χ0n) is 12.9. The molecule has 0 spiro atoms. The Kier molecular flexibility index (Phi) is 4.51. The second kappa shape index (κ2) is 6.37. The Morgan fingerprint density at radius 1 is 0.952 bits per heavy atom. The Labute approximate surface area is 126 Å². The van der Waals surface area contributed by atoms with Gasteiger partial charge in [0.1, 0.15) is 6.10 Å². The maximum Gasteiger partial charge on any atom is 0.309 e. The van der Waals surface area contributed by atoms with Gasteiger partial charge in [0, 0.05) is 0 Å². The molecule has 1 unspecified atom stereocenters. The van der Waals surface area contributed by atoms with E-state index in [2.05, 4.69) is 0 Å². The minimum absolute atomic E-state index is 0.0241. The molecule has 0 amide bonds. The fourth-order valence-electron chi connectivity index (χ4n) is 4.57. The van der Waals surface area contributed by atoms with Gasteiger partial charge in [0.25, 0.3) is 0 Å². The molecule has 4 heteroatoms. The monoisotopic (exact) mass is 294 g/mol. The summed E-state index contributed by atoms with van der Waals surface area (Å²) in [6, 6.07) is 0. The number of cyclic esters (lactones) is 1. The smallest absolute Gasteiger partial charge is 0.309 e. The van der Waals surface area contributed by atoms with Gasteiger partial charge >= 0.3 is 11.9 Å². The predicted octanol–water partition coefficient (Wildman–Crippen LogP) is 3.09. The van der Waals surface area contributed by atoms with Gasteiger partial charge in [-0.25, -0.2) is 0 Å². The van der Waals surface area contributed by atoms with E-state index in [1.165, 1.54) is 45.6 Å². The summed E-state index contributed by atoms with van der Waals surface area (Å²) < 4.78 is 10.1. The maximum atomic E-state index is 11.6. The first-order valence-electron chi connectivity index (χ1n) is 8.44. The van der Waals surface area contributed by atoms with Gasteiger partial charge in [-0.05, 0) is 69.1 Å². The molecule has 4 nitrogen and oxygen atoms in total. The molecule has 3 rings (SSSR count). The van der Waals surface area contributed by atoms with Crippen LogP contribution in [0.1, 0.15) is 57.8 Å². The molecule has 21 heavy (non-hydrogen) atoms. The molecule has 0 aromatic rings. The molecule has 118 valence electrons. The summed E-state index contributed by atoms with van der Waals surface area (Å²) in [4.78, 5) is 22.5. The summed E-state index contributed by atoms with van der Waals surface area (Å²) in [5.41, 5.74) is 0. The van der Waals surface area contributed by atoms with E-state index in [-0.39, 0.29) is 24.0 Å². The van der Waals surface area contributed by atoms with Crippen molar-refractivity contribution in [3.63, 3.8) is 0 Å². The highest BCUT2D eigenvalue weighted by Gasteiger charge is 2.39. The van der Waals surface area contributed by atoms with Crippen molar-refractivity contribution < 1.29 is 19.1 Å². The summed E-state index contributed by atoms with van der Waals surface area (Å²) in [6.07, 6.45) is 10.2. The van der Waals surface area contributed by atoms with Crippen molar-refractivity contribution in [1.29, 1.82) is 0 Å². The predicted molar refractivity (Wildman–Crippen MR) is 77.4 cm³/mol. The fourth-order valence-corrected chi connectivity index (χ4v) is 4.57. The lowest BCUT2D eigenvalue weighted by molar-refractivity contribution is -0.176. The molecule has 0 aromatic carbocycles. The first kappa shape index (κ1) is 14.9. The van der Waals surface area contributed by atoms with Gasteiger partial charge < -0.3 is 9.47 Å². The van der Waals surface area contributed by atoms with Crippen molar-refractivity contribution in [3.05, 3.63) is 0 Å². The number of ether oxygens (including phenoxy) is 2. The SMILES string of the molecule is COC(=O)C1CCC(C2CCC(C3CC(=O)O3)CC2)CC1. The Bertz CT molecular complexity index is 382. The molecule has 0 N–H and O–H groups in total. The number of hydrogen-bond donors (Lipinski definition) is 0. The lowest BCUT2D eigenvalue weighted by Gasteiger charge is -2.41. The van der Waals surface area contributed by atoms with Crippen molar-refractivity contribution in [2.45, 2.75) is 63.9 Å². The van der Waals surface area contributed by atoms with E-state index in [1.54, 1.807) is 0 Å². The van der Waals surface area contributed by atoms with E-state index in [4.69, 9.17) is 9.47 Å². The number of carbonyl (C=O) groups excluding carboxylic acids is 2. The van der Waals surface area contributed by atoms with Gasteiger partial charge in [0.05, 0.1) is 19.4 Å². The Balaban J connectivity index is 1.41. The molecule has 3 aliphatic rings. The van der Waals surface area contributed by atoms with Gasteiger partial charge in [-0.2, -0.15) is 0 Å². The molecule has 0 aromatic heterocycles. The second-order valence-corrected chi connectivity index (χ2v) is 7.04. The molecule has 3 fully saturated rings. The van der Waals surface area contributed by atoms with Crippen LogP contribution in [0.5, 0.6) is 0 Å². The molecule has 0 radical (unpaired) electrons. The minimum atomic E-state index is -0.0248. The molecule has 1 heterocycles. The van der Waals surface area contributed by atoms with Crippen LogP contribution in [0.4, 0.5) is 0 Å². The first-order valence-corrected chi connectivity index (χ1v) is 8.44. The average molecular weight is 294 g/mol. The van der Waals surface area contributed by atoms with Crippen molar-refractivity contribution in [2.24, 2.45) is 23.7 Å². The summed E-state index contributed by atoms with van der Waals surface area (Å²) >= 11 is 0. The van der Waals surface area contributed by atoms with E-state index in [0.717, 1.165) is 24.7 Å². The van der Waals surface area contributed by atoms with Gasteiger partial charge in [-0.3, -0.25) is 9.59 Å².